The molecule has 0 N–H and O–H groups in total. The third-order valence-corrected chi connectivity index (χ3v) is 4.10. The van der Waals surface area contributed by atoms with Gasteiger partial charge in [0.2, 0.25) is 0 Å². The van der Waals surface area contributed by atoms with E-state index in [4.69, 9.17) is 4.74 Å². The van der Waals surface area contributed by atoms with E-state index in [2.05, 4.69) is 0 Å². The molecule has 0 spiro atoms. The molecule has 1 aliphatic heterocycles. The van der Waals surface area contributed by atoms with Crippen LogP contribution in [-0.2, 0) is 11.3 Å². The highest BCUT2D eigenvalue weighted by molar-refractivity contribution is 7.12. The maximum absolute atomic E-state index is 13.0. The van der Waals surface area contributed by atoms with E-state index in [-0.39, 0.29) is 17.8 Å². The molecule has 0 radical (unpaired) electrons. The predicted octanol–water partition coefficient (Wildman–Crippen LogP) is 2.93. The number of hydrogen-bond acceptors (Lipinski definition) is 3. The molecule has 1 aliphatic rings. The Morgan fingerprint density at radius 2 is 2.20 bits per heavy atom. The van der Waals surface area contributed by atoms with Crippen molar-refractivity contribution in [2.45, 2.75) is 12.7 Å². The third kappa shape index (κ3) is 2.89. The van der Waals surface area contributed by atoms with Gasteiger partial charge in [0, 0.05) is 13.1 Å². The van der Waals surface area contributed by atoms with Crippen LogP contribution in [0.2, 0.25) is 0 Å². The minimum absolute atomic E-state index is 0.0437. The summed E-state index contributed by atoms with van der Waals surface area (Å²) < 4.78 is 18.7. The molecule has 104 valence electrons. The molecule has 0 atom stereocenters. The monoisotopic (exact) mass is 291 g/mol. The minimum atomic E-state index is -0.255. The number of benzene rings is 1. The summed E-state index contributed by atoms with van der Waals surface area (Å²) in [6.07, 6.45) is 0.0437. The van der Waals surface area contributed by atoms with Crippen molar-refractivity contribution < 1.29 is 13.9 Å². The molecule has 0 aliphatic carbocycles. The van der Waals surface area contributed by atoms with Crippen LogP contribution in [0.1, 0.15) is 15.2 Å². The van der Waals surface area contributed by atoms with Crippen molar-refractivity contribution in [2.75, 3.05) is 13.1 Å². The fraction of sp³-hybridized carbons (Fsp3) is 0.267. The zero-order valence-corrected chi connectivity index (χ0v) is 11.6. The van der Waals surface area contributed by atoms with Crippen molar-refractivity contribution in [1.29, 1.82) is 0 Å². The first-order valence-electron chi connectivity index (χ1n) is 6.41. The van der Waals surface area contributed by atoms with Gasteiger partial charge in [-0.2, -0.15) is 0 Å². The predicted molar refractivity (Wildman–Crippen MR) is 75.2 cm³/mol. The molecule has 0 bridgehead atoms. The van der Waals surface area contributed by atoms with Gasteiger partial charge in [-0.3, -0.25) is 4.79 Å². The van der Waals surface area contributed by atoms with Crippen LogP contribution in [0.5, 0.6) is 0 Å². The molecule has 0 unspecified atom stereocenters. The SMILES string of the molecule is O=C(c1cccs1)N1CC(OCc2cccc(F)c2)C1. The van der Waals surface area contributed by atoms with Gasteiger partial charge in [0.15, 0.2) is 0 Å². The first-order valence-corrected chi connectivity index (χ1v) is 7.29. The van der Waals surface area contributed by atoms with E-state index in [9.17, 15) is 9.18 Å². The van der Waals surface area contributed by atoms with E-state index in [1.807, 2.05) is 23.6 Å². The van der Waals surface area contributed by atoms with Gasteiger partial charge in [0.25, 0.3) is 5.91 Å². The van der Waals surface area contributed by atoms with Crippen molar-refractivity contribution in [3.05, 3.63) is 58.0 Å². The molecular formula is C15H14FNO2S. The number of halogens is 1. The Morgan fingerprint density at radius 3 is 2.90 bits per heavy atom. The van der Waals surface area contributed by atoms with Crippen LogP contribution >= 0.6 is 11.3 Å². The number of hydrogen-bond donors (Lipinski definition) is 0. The van der Waals surface area contributed by atoms with E-state index < -0.39 is 0 Å². The van der Waals surface area contributed by atoms with Crippen LogP contribution in [0, 0.1) is 5.82 Å². The molecular weight excluding hydrogens is 277 g/mol. The molecule has 1 amide bonds. The summed E-state index contributed by atoms with van der Waals surface area (Å²) >= 11 is 1.45. The first kappa shape index (κ1) is 13.3. The maximum atomic E-state index is 13.0. The number of thiophene rings is 1. The van der Waals surface area contributed by atoms with Gasteiger partial charge in [0.1, 0.15) is 5.82 Å². The maximum Gasteiger partial charge on any atom is 0.264 e. The summed E-state index contributed by atoms with van der Waals surface area (Å²) in [4.78, 5) is 14.5. The lowest BCUT2D eigenvalue weighted by atomic mass is 10.1. The van der Waals surface area contributed by atoms with Crippen LogP contribution < -0.4 is 0 Å². The zero-order valence-electron chi connectivity index (χ0n) is 10.8. The zero-order chi connectivity index (χ0) is 13.9. The molecule has 2 aromatic rings. The van der Waals surface area contributed by atoms with Crippen molar-refractivity contribution in [3.8, 4) is 0 Å². The van der Waals surface area contributed by atoms with Crippen LogP contribution in [0.25, 0.3) is 0 Å². The molecule has 1 saturated heterocycles. The molecule has 2 heterocycles. The Morgan fingerprint density at radius 1 is 1.35 bits per heavy atom. The molecule has 20 heavy (non-hydrogen) atoms. The third-order valence-electron chi connectivity index (χ3n) is 3.24. The normalized spacial score (nSPS) is 15.2. The van der Waals surface area contributed by atoms with E-state index in [1.165, 1.54) is 23.5 Å². The van der Waals surface area contributed by atoms with Gasteiger partial charge >= 0.3 is 0 Å². The Hall–Kier alpha value is -1.72. The molecule has 1 fully saturated rings. The Kier molecular flexibility index (Phi) is 3.80. The summed E-state index contributed by atoms with van der Waals surface area (Å²) in [5, 5.41) is 1.89. The molecule has 1 aromatic carbocycles. The summed E-state index contributed by atoms with van der Waals surface area (Å²) in [6.45, 7) is 1.58. The number of carbonyl (C=O) groups is 1. The first-order chi connectivity index (χ1) is 9.72. The Labute approximate surface area is 120 Å². The van der Waals surface area contributed by atoms with Crippen molar-refractivity contribution in [3.63, 3.8) is 0 Å². The second kappa shape index (κ2) is 5.73. The average Bonchev–Trinajstić information content (AvgIpc) is 2.90. The Balaban J connectivity index is 1.46. The highest BCUT2D eigenvalue weighted by atomic mass is 32.1. The molecule has 3 rings (SSSR count). The van der Waals surface area contributed by atoms with Crippen LogP contribution in [0.3, 0.4) is 0 Å². The lowest BCUT2D eigenvalue weighted by molar-refractivity contribution is -0.0501. The fourth-order valence-corrected chi connectivity index (χ4v) is 2.80. The summed E-state index contributed by atoms with van der Waals surface area (Å²) in [7, 11) is 0. The van der Waals surface area contributed by atoms with E-state index in [0.29, 0.717) is 19.7 Å². The smallest absolute Gasteiger partial charge is 0.264 e. The highest BCUT2D eigenvalue weighted by Crippen LogP contribution is 2.19. The topological polar surface area (TPSA) is 29.5 Å². The lowest BCUT2D eigenvalue weighted by Gasteiger charge is -2.38. The van der Waals surface area contributed by atoms with Gasteiger partial charge in [-0.1, -0.05) is 18.2 Å². The van der Waals surface area contributed by atoms with Crippen molar-refractivity contribution in [2.24, 2.45) is 0 Å². The van der Waals surface area contributed by atoms with Gasteiger partial charge < -0.3 is 9.64 Å². The van der Waals surface area contributed by atoms with Crippen LogP contribution in [0.4, 0.5) is 4.39 Å². The van der Waals surface area contributed by atoms with Gasteiger partial charge in [0.05, 0.1) is 17.6 Å². The van der Waals surface area contributed by atoms with Gasteiger partial charge in [-0.15, -0.1) is 11.3 Å². The van der Waals surface area contributed by atoms with Gasteiger partial charge in [-0.25, -0.2) is 4.39 Å². The summed E-state index contributed by atoms with van der Waals surface area (Å²) in [5.41, 5.74) is 0.813. The minimum Gasteiger partial charge on any atom is -0.370 e. The number of ether oxygens (including phenoxy) is 1. The number of carbonyl (C=O) groups excluding carboxylic acids is 1. The van der Waals surface area contributed by atoms with Crippen molar-refractivity contribution in [1.82, 2.24) is 4.90 Å². The molecule has 0 saturated carbocycles. The van der Waals surface area contributed by atoms with Crippen molar-refractivity contribution >= 4 is 17.2 Å². The number of amides is 1. The van der Waals surface area contributed by atoms with E-state index in [1.54, 1.807) is 11.0 Å². The standard InChI is InChI=1S/C15H14FNO2S/c16-12-4-1-3-11(7-12)10-19-13-8-17(9-13)15(18)14-5-2-6-20-14/h1-7,13H,8-10H2. The van der Waals surface area contributed by atoms with Crippen LogP contribution in [0.15, 0.2) is 41.8 Å². The summed E-state index contributed by atoms with van der Waals surface area (Å²) in [6, 6.07) is 10.1. The van der Waals surface area contributed by atoms with Crippen LogP contribution in [-0.4, -0.2) is 30.0 Å². The largest absolute Gasteiger partial charge is 0.370 e. The average molecular weight is 291 g/mol. The number of rotatable bonds is 4. The fourth-order valence-electron chi connectivity index (χ4n) is 2.11. The second-order valence-electron chi connectivity index (χ2n) is 4.75. The highest BCUT2D eigenvalue weighted by Gasteiger charge is 2.32. The quantitative estimate of drug-likeness (QED) is 0.867. The lowest BCUT2D eigenvalue weighted by Crippen LogP contribution is -2.54. The molecule has 5 heteroatoms. The summed E-state index contributed by atoms with van der Waals surface area (Å²) in [5.74, 6) is -0.195. The van der Waals surface area contributed by atoms with Gasteiger partial charge in [-0.05, 0) is 29.1 Å². The number of nitrogens with zero attached hydrogens (tertiary/aromatic N) is 1. The van der Waals surface area contributed by atoms with E-state index >= 15 is 0 Å². The Bertz CT molecular complexity index is 594. The molecule has 1 aromatic heterocycles. The number of likely N-dealkylation sites (tertiary alicyclic amines) is 1. The van der Waals surface area contributed by atoms with E-state index in [0.717, 1.165) is 10.4 Å². The second-order valence-corrected chi connectivity index (χ2v) is 5.70. The molecule has 3 nitrogen and oxygen atoms in total.